The van der Waals surface area contributed by atoms with Crippen molar-refractivity contribution < 1.29 is 12.8 Å². The first-order chi connectivity index (χ1) is 9.48. The van der Waals surface area contributed by atoms with Gasteiger partial charge in [-0.2, -0.15) is 0 Å². The number of benzene rings is 1. The summed E-state index contributed by atoms with van der Waals surface area (Å²) in [6, 6.07) is 6.20. The van der Waals surface area contributed by atoms with Crippen molar-refractivity contribution in [1.82, 2.24) is 0 Å². The van der Waals surface area contributed by atoms with E-state index >= 15 is 0 Å². The number of sulfone groups is 1. The molecule has 1 aromatic rings. The molecule has 2 N–H and O–H groups in total. The Balaban J connectivity index is 2.75. The van der Waals surface area contributed by atoms with Crippen LogP contribution in [-0.4, -0.2) is 39.6 Å². The van der Waals surface area contributed by atoms with Crippen molar-refractivity contribution >= 4 is 15.5 Å². The van der Waals surface area contributed by atoms with Crippen molar-refractivity contribution in [3.8, 4) is 0 Å². The van der Waals surface area contributed by atoms with Gasteiger partial charge >= 0.3 is 0 Å². The van der Waals surface area contributed by atoms with Crippen molar-refractivity contribution in [2.45, 2.75) is 19.8 Å². The van der Waals surface area contributed by atoms with Crippen LogP contribution in [0.25, 0.3) is 0 Å². The molecule has 0 aliphatic rings. The summed E-state index contributed by atoms with van der Waals surface area (Å²) in [6.45, 7) is 3.36. The maximum Gasteiger partial charge on any atom is 0.152 e. The highest BCUT2D eigenvalue weighted by atomic mass is 32.2. The first kappa shape index (κ1) is 16.9. The number of nitrogens with two attached hydrogens (primary N) is 1. The van der Waals surface area contributed by atoms with Crippen LogP contribution in [0.5, 0.6) is 0 Å². The number of hydrogen-bond donors (Lipinski definition) is 1. The number of rotatable bonds is 9. The summed E-state index contributed by atoms with van der Waals surface area (Å²) in [6.07, 6.45) is 1.36. The van der Waals surface area contributed by atoms with Crippen LogP contribution < -0.4 is 10.6 Å². The maximum atomic E-state index is 13.3. The highest BCUT2D eigenvalue weighted by Gasteiger charge is 2.13. The van der Waals surface area contributed by atoms with E-state index in [4.69, 9.17) is 5.73 Å². The molecule has 0 bridgehead atoms. The average Bonchev–Trinajstić information content (AvgIpc) is 2.38. The third-order valence-corrected chi connectivity index (χ3v) is 4.83. The minimum absolute atomic E-state index is 0.0852. The van der Waals surface area contributed by atoms with Crippen molar-refractivity contribution in [2.24, 2.45) is 5.73 Å². The molecule has 0 fully saturated rings. The fraction of sp³-hybridized carbons (Fsp3) is 0.571. The number of nitrogens with zero attached hydrogens (tertiary/aromatic N) is 1. The first-order valence-electron chi connectivity index (χ1n) is 6.89. The molecular weight excluding hydrogens is 279 g/mol. The van der Waals surface area contributed by atoms with Gasteiger partial charge in [0, 0.05) is 24.5 Å². The van der Waals surface area contributed by atoms with Crippen molar-refractivity contribution in [1.29, 1.82) is 0 Å². The van der Waals surface area contributed by atoms with E-state index in [-0.39, 0.29) is 17.3 Å². The van der Waals surface area contributed by atoms with Gasteiger partial charge in [-0.05, 0) is 37.6 Å². The van der Waals surface area contributed by atoms with E-state index in [0.29, 0.717) is 31.7 Å². The molecule has 0 heterocycles. The Morgan fingerprint density at radius 3 is 2.60 bits per heavy atom. The molecule has 6 heteroatoms. The molecule has 0 aliphatic carbocycles. The maximum absolute atomic E-state index is 13.3. The Bertz CT molecular complexity index is 506. The molecule has 1 rings (SSSR count). The van der Waals surface area contributed by atoms with Gasteiger partial charge in [0.1, 0.15) is 5.82 Å². The van der Waals surface area contributed by atoms with Gasteiger partial charge in [0.25, 0.3) is 0 Å². The van der Waals surface area contributed by atoms with Gasteiger partial charge in [0.05, 0.1) is 5.75 Å². The molecule has 4 nitrogen and oxygen atoms in total. The van der Waals surface area contributed by atoms with Gasteiger partial charge in [0.2, 0.25) is 0 Å². The molecule has 0 aliphatic heterocycles. The van der Waals surface area contributed by atoms with Crippen molar-refractivity contribution in [3.05, 3.63) is 30.1 Å². The summed E-state index contributed by atoms with van der Waals surface area (Å²) < 4.78 is 36.8. The summed E-state index contributed by atoms with van der Waals surface area (Å²) >= 11 is 0. The largest absolute Gasteiger partial charge is 0.370 e. The minimum Gasteiger partial charge on any atom is -0.370 e. The topological polar surface area (TPSA) is 63.4 Å². The van der Waals surface area contributed by atoms with E-state index < -0.39 is 9.84 Å². The van der Waals surface area contributed by atoms with Crippen molar-refractivity contribution in [2.75, 3.05) is 36.0 Å². The number of halogens is 1. The van der Waals surface area contributed by atoms with Crippen LogP contribution in [0.1, 0.15) is 19.8 Å². The fourth-order valence-corrected chi connectivity index (χ4v) is 3.31. The molecule has 1 aromatic carbocycles. The van der Waals surface area contributed by atoms with E-state index in [9.17, 15) is 12.8 Å². The summed E-state index contributed by atoms with van der Waals surface area (Å²) in [7, 11) is -3.04. The molecule has 0 atom stereocenters. The highest BCUT2D eigenvalue weighted by Crippen LogP contribution is 2.16. The zero-order chi connectivity index (χ0) is 15.0. The Morgan fingerprint density at radius 2 is 2.00 bits per heavy atom. The predicted molar refractivity (Wildman–Crippen MR) is 81.2 cm³/mol. The van der Waals surface area contributed by atoms with Gasteiger partial charge in [-0.25, -0.2) is 12.8 Å². The van der Waals surface area contributed by atoms with Crippen LogP contribution in [-0.2, 0) is 9.84 Å². The summed E-state index contributed by atoms with van der Waals surface area (Å²) in [5.74, 6) is -0.0420. The Labute approximate surface area is 120 Å². The van der Waals surface area contributed by atoms with Gasteiger partial charge in [-0.15, -0.1) is 0 Å². The minimum atomic E-state index is -3.04. The Hall–Kier alpha value is -1.14. The van der Waals surface area contributed by atoms with Crippen LogP contribution in [0.3, 0.4) is 0 Å². The highest BCUT2D eigenvalue weighted by molar-refractivity contribution is 7.91. The predicted octanol–water partition coefficient (Wildman–Crippen LogP) is 1.81. The lowest BCUT2D eigenvalue weighted by molar-refractivity contribution is 0.592. The van der Waals surface area contributed by atoms with Gasteiger partial charge in [-0.3, -0.25) is 0 Å². The van der Waals surface area contributed by atoms with Crippen LogP contribution >= 0.6 is 0 Å². The molecule has 0 saturated heterocycles. The third kappa shape index (κ3) is 5.88. The SMILES string of the molecule is CCCS(=O)(=O)CCN(CCCN)c1cccc(F)c1. The second-order valence-electron chi connectivity index (χ2n) is 4.76. The van der Waals surface area contributed by atoms with Crippen LogP contribution in [0.15, 0.2) is 24.3 Å². The molecule has 20 heavy (non-hydrogen) atoms. The lowest BCUT2D eigenvalue weighted by atomic mass is 10.2. The van der Waals surface area contributed by atoms with E-state index in [1.807, 2.05) is 11.8 Å². The first-order valence-corrected chi connectivity index (χ1v) is 8.71. The molecular formula is C14H23FN2O2S. The van der Waals surface area contributed by atoms with E-state index in [2.05, 4.69) is 0 Å². The molecule has 0 saturated carbocycles. The molecule has 0 aromatic heterocycles. The molecule has 0 radical (unpaired) electrons. The normalized spacial score (nSPS) is 11.6. The quantitative estimate of drug-likeness (QED) is 0.755. The standard InChI is InChI=1S/C14H23FN2O2S/c1-2-10-20(18,19)11-9-17(8-4-7-16)14-6-3-5-13(15)12-14/h3,5-6,12H,2,4,7-11,16H2,1H3. The lowest BCUT2D eigenvalue weighted by Gasteiger charge is -2.24. The number of anilines is 1. The summed E-state index contributed by atoms with van der Waals surface area (Å²) in [5, 5.41) is 0. The molecule has 114 valence electrons. The van der Waals surface area contributed by atoms with Crippen LogP contribution in [0.4, 0.5) is 10.1 Å². The summed E-state index contributed by atoms with van der Waals surface area (Å²) in [4.78, 5) is 1.88. The van der Waals surface area contributed by atoms with Gasteiger partial charge in [0.15, 0.2) is 9.84 Å². The zero-order valence-corrected chi connectivity index (χ0v) is 12.7. The van der Waals surface area contributed by atoms with E-state index in [0.717, 1.165) is 6.42 Å². The Kier molecular flexibility index (Phi) is 6.95. The Morgan fingerprint density at radius 1 is 1.25 bits per heavy atom. The van der Waals surface area contributed by atoms with Crippen LogP contribution in [0, 0.1) is 5.82 Å². The monoisotopic (exact) mass is 302 g/mol. The average molecular weight is 302 g/mol. The molecule has 0 amide bonds. The zero-order valence-electron chi connectivity index (χ0n) is 11.9. The lowest BCUT2D eigenvalue weighted by Crippen LogP contribution is -2.32. The smallest absolute Gasteiger partial charge is 0.152 e. The van der Waals surface area contributed by atoms with Gasteiger partial charge in [-0.1, -0.05) is 13.0 Å². The van der Waals surface area contributed by atoms with Gasteiger partial charge < -0.3 is 10.6 Å². The third-order valence-electron chi connectivity index (χ3n) is 2.99. The second-order valence-corrected chi connectivity index (χ2v) is 7.06. The second kappa shape index (κ2) is 8.21. The molecule has 0 unspecified atom stereocenters. The number of hydrogen-bond acceptors (Lipinski definition) is 4. The van der Waals surface area contributed by atoms with E-state index in [1.165, 1.54) is 12.1 Å². The van der Waals surface area contributed by atoms with E-state index in [1.54, 1.807) is 12.1 Å². The summed E-state index contributed by atoms with van der Waals surface area (Å²) in [5.41, 5.74) is 6.19. The van der Waals surface area contributed by atoms with Crippen LogP contribution in [0.2, 0.25) is 0 Å². The molecule has 0 spiro atoms. The van der Waals surface area contributed by atoms with Crippen molar-refractivity contribution in [3.63, 3.8) is 0 Å². The fourth-order valence-electron chi connectivity index (χ4n) is 1.99.